The van der Waals surface area contributed by atoms with Crippen LogP contribution in [-0.4, -0.2) is 4.98 Å². The van der Waals surface area contributed by atoms with E-state index < -0.39 is 0 Å². The minimum Gasteiger partial charge on any atom is -0.439 e. The second-order valence-corrected chi connectivity index (χ2v) is 5.77. The Morgan fingerprint density at radius 3 is 2.47 bits per heavy atom. The molecule has 1 aromatic heterocycles. The Morgan fingerprint density at radius 1 is 1.21 bits per heavy atom. The third-order valence-electron chi connectivity index (χ3n) is 2.66. The molecule has 0 saturated heterocycles. The zero-order chi connectivity index (χ0) is 13.8. The Hall–Kier alpha value is -1.06. The lowest BCUT2D eigenvalue weighted by Gasteiger charge is -2.11. The molecule has 0 aliphatic heterocycles. The molecule has 2 nitrogen and oxygen atoms in total. The van der Waals surface area contributed by atoms with Gasteiger partial charge in [-0.05, 0) is 41.8 Å². The number of benzene rings is 1. The van der Waals surface area contributed by atoms with Gasteiger partial charge >= 0.3 is 0 Å². The van der Waals surface area contributed by atoms with Gasteiger partial charge in [0.1, 0.15) is 5.75 Å². The van der Waals surface area contributed by atoms with Crippen LogP contribution in [0.15, 0.2) is 40.9 Å². The summed E-state index contributed by atoms with van der Waals surface area (Å²) in [6.45, 7) is 4.20. The van der Waals surface area contributed by atoms with Crippen LogP contribution in [0.4, 0.5) is 0 Å². The summed E-state index contributed by atoms with van der Waals surface area (Å²) in [7, 11) is 0. The summed E-state index contributed by atoms with van der Waals surface area (Å²) in [5.74, 6) is 2.15. The van der Waals surface area contributed by atoms with Gasteiger partial charge in [-0.25, -0.2) is 4.98 Å². The minimum atomic E-state index is 0.343. The van der Waals surface area contributed by atoms with Crippen molar-refractivity contribution in [3.8, 4) is 11.6 Å². The quantitative estimate of drug-likeness (QED) is 0.686. The molecular formula is C15H15BrClNO. The van der Waals surface area contributed by atoms with Gasteiger partial charge in [0.05, 0.1) is 0 Å². The van der Waals surface area contributed by atoms with Crippen LogP contribution in [0.1, 0.15) is 31.0 Å². The maximum Gasteiger partial charge on any atom is 0.219 e. The van der Waals surface area contributed by atoms with E-state index in [2.05, 4.69) is 34.8 Å². The monoisotopic (exact) mass is 339 g/mol. The lowest BCUT2D eigenvalue weighted by molar-refractivity contribution is 0.459. The normalized spacial score (nSPS) is 10.8. The molecule has 0 aliphatic rings. The standard InChI is InChI=1S/C15H15BrClNO/c1-10(2)14-7-11(9-17)8-15(18-14)19-13-5-3-12(16)4-6-13/h3-8,10H,9H2,1-2H3. The Labute approximate surface area is 126 Å². The molecule has 1 aromatic carbocycles. The van der Waals surface area contributed by atoms with Crippen molar-refractivity contribution in [2.24, 2.45) is 0 Å². The van der Waals surface area contributed by atoms with E-state index >= 15 is 0 Å². The molecule has 0 atom stereocenters. The van der Waals surface area contributed by atoms with Crippen LogP contribution in [-0.2, 0) is 5.88 Å². The highest BCUT2D eigenvalue weighted by molar-refractivity contribution is 9.10. The van der Waals surface area contributed by atoms with Gasteiger partial charge in [0.15, 0.2) is 0 Å². The molecule has 0 radical (unpaired) electrons. The molecule has 19 heavy (non-hydrogen) atoms. The van der Waals surface area contributed by atoms with Crippen molar-refractivity contribution >= 4 is 27.5 Å². The van der Waals surface area contributed by atoms with Crippen LogP contribution >= 0.6 is 27.5 Å². The largest absolute Gasteiger partial charge is 0.439 e. The third kappa shape index (κ3) is 3.95. The zero-order valence-electron chi connectivity index (χ0n) is 10.9. The van der Waals surface area contributed by atoms with Crippen LogP contribution in [0.25, 0.3) is 0 Å². The Bertz CT molecular complexity index is 555. The molecule has 2 rings (SSSR count). The van der Waals surface area contributed by atoms with Gasteiger partial charge in [-0.15, -0.1) is 11.6 Å². The van der Waals surface area contributed by atoms with Gasteiger partial charge in [0.2, 0.25) is 5.88 Å². The fourth-order valence-electron chi connectivity index (χ4n) is 1.63. The first-order chi connectivity index (χ1) is 9.08. The smallest absolute Gasteiger partial charge is 0.219 e. The average molecular weight is 341 g/mol. The van der Waals surface area contributed by atoms with Crippen LogP contribution in [0.2, 0.25) is 0 Å². The molecule has 0 aliphatic carbocycles. The molecule has 0 fully saturated rings. The number of hydrogen-bond acceptors (Lipinski definition) is 2. The van der Waals surface area contributed by atoms with Crippen molar-refractivity contribution in [1.82, 2.24) is 4.98 Å². The van der Waals surface area contributed by atoms with Crippen molar-refractivity contribution in [1.29, 1.82) is 0 Å². The van der Waals surface area contributed by atoms with Crippen LogP contribution < -0.4 is 4.74 Å². The summed E-state index contributed by atoms with van der Waals surface area (Å²) in [6, 6.07) is 11.6. The van der Waals surface area contributed by atoms with Gasteiger partial charge in [-0.1, -0.05) is 29.8 Å². The summed E-state index contributed by atoms with van der Waals surface area (Å²) in [5, 5.41) is 0. The fourth-order valence-corrected chi connectivity index (χ4v) is 2.05. The first-order valence-corrected chi connectivity index (χ1v) is 7.41. The van der Waals surface area contributed by atoms with Crippen molar-refractivity contribution in [2.45, 2.75) is 25.6 Å². The Morgan fingerprint density at radius 2 is 1.89 bits per heavy atom. The number of alkyl halides is 1. The Kier molecular flexibility index (Phi) is 4.83. The van der Waals surface area contributed by atoms with Crippen LogP contribution in [0, 0.1) is 0 Å². The van der Waals surface area contributed by atoms with E-state index in [1.165, 1.54) is 0 Å². The number of ether oxygens (including phenoxy) is 1. The van der Waals surface area contributed by atoms with Crippen molar-refractivity contribution in [2.75, 3.05) is 0 Å². The summed E-state index contributed by atoms with van der Waals surface area (Å²) in [4.78, 5) is 4.51. The summed E-state index contributed by atoms with van der Waals surface area (Å²) < 4.78 is 6.79. The van der Waals surface area contributed by atoms with Crippen molar-refractivity contribution in [3.63, 3.8) is 0 Å². The van der Waals surface area contributed by atoms with Crippen molar-refractivity contribution < 1.29 is 4.74 Å². The highest BCUT2D eigenvalue weighted by Gasteiger charge is 2.07. The van der Waals surface area contributed by atoms with Gasteiger partial charge in [-0.2, -0.15) is 0 Å². The molecule has 100 valence electrons. The zero-order valence-corrected chi connectivity index (χ0v) is 13.2. The molecule has 4 heteroatoms. The van der Waals surface area contributed by atoms with E-state index in [1.54, 1.807) is 0 Å². The molecule has 0 amide bonds. The van der Waals surface area contributed by atoms with Gasteiger partial charge < -0.3 is 4.74 Å². The first kappa shape index (κ1) is 14.4. The first-order valence-electron chi connectivity index (χ1n) is 6.08. The molecule has 0 spiro atoms. The summed E-state index contributed by atoms with van der Waals surface area (Å²) in [6.07, 6.45) is 0. The van der Waals surface area contributed by atoms with Crippen LogP contribution in [0.3, 0.4) is 0 Å². The maximum absolute atomic E-state index is 5.91. The molecule has 0 N–H and O–H groups in total. The second kappa shape index (κ2) is 6.40. The van der Waals surface area contributed by atoms with E-state index in [0.717, 1.165) is 21.5 Å². The molecule has 1 heterocycles. The number of nitrogens with zero attached hydrogens (tertiary/aromatic N) is 1. The third-order valence-corrected chi connectivity index (χ3v) is 3.50. The number of pyridine rings is 1. The lowest BCUT2D eigenvalue weighted by Crippen LogP contribution is -1.97. The van der Waals surface area contributed by atoms with Crippen LogP contribution in [0.5, 0.6) is 11.6 Å². The molecular weight excluding hydrogens is 326 g/mol. The summed E-state index contributed by atoms with van der Waals surface area (Å²) in [5.41, 5.74) is 2.01. The molecule has 0 saturated carbocycles. The summed E-state index contributed by atoms with van der Waals surface area (Å²) >= 11 is 9.31. The topological polar surface area (TPSA) is 22.1 Å². The number of hydrogen-bond donors (Lipinski definition) is 0. The predicted molar refractivity (Wildman–Crippen MR) is 82.1 cm³/mol. The highest BCUT2D eigenvalue weighted by Crippen LogP contribution is 2.25. The fraction of sp³-hybridized carbons (Fsp3) is 0.267. The van der Waals surface area contributed by atoms with E-state index in [4.69, 9.17) is 16.3 Å². The van der Waals surface area contributed by atoms with E-state index in [1.807, 2.05) is 36.4 Å². The molecule has 2 aromatic rings. The van der Waals surface area contributed by atoms with Gasteiger partial charge in [0, 0.05) is 22.1 Å². The number of rotatable bonds is 4. The number of aromatic nitrogens is 1. The van der Waals surface area contributed by atoms with Crippen molar-refractivity contribution in [3.05, 3.63) is 52.1 Å². The van der Waals surface area contributed by atoms with E-state index in [0.29, 0.717) is 17.7 Å². The average Bonchev–Trinajstić information content (AvgIpc) is 2.41. The van der Waals surface area contributed by atoms with Gasteiger partial charge in [0.25, 0.3) is 0 Å². The minimum absolute atomic E-state index is 0.343. The number of halogens is 2. The van der Waals surface area contributed by atoms with Gasteiger partial charge in [-0.3, -0.25) is 0 Å². The molecule has 0 unspecified atom stereocenters. The molecule has 0 bridgehead atoms. The highest BCUT2D eigenvalue weighted by atomic mass is 79.9. The SMILES string of the molecule is CC(C)c1cc(CCl)cc(Oc2ccc(Br)cc2)n1. The maximum atomic E-state index is 5.91. The second-order valence-electron chi connectivity index (χ2n) is 4.58. The predicted octanol–water partition coefficient (Wildman–Crippen LogP) is 5.50. The van der Waals surface area contributed by atoms with E-state index in [-0.39, 0.29) is 0 Å². The lowest BCUT2D eigenvalue weighted by atomic mass is 10.1. The Balaban J connectivity index is 2.28. The van der Waals surface area contributed by atoms with E-state index in [9.17, 15) is 0 Å².